The third-order valence-corrected chi connectivity index (χ3v) is 1.95. The summed E-state index contributed by atoms with van der Waals surface area (Å²) in [5, 5.41) is 12.0. The Bertz CT molecular complexity index is 311. The van der Waals surface area contributed by atoms with Crippen molar-refractivity contribution in [1.82, 2.24) is 5.32 Å². The van der Waals surface area contributed by atoms with Gasteiger partial charge < -0.3 is 0 Å². The van der Waals surface area contributed by atoms with E-state index in [9.17, 15) is 0 Å². The van der Waals surface area contributed by atoms with Crippen LogP contribution in [-0.4, -0.2) is 12.6 Å². The Morgan fingerprint density at radius 1 is 1.43 bits per heavy atom. The monoisotopic (exact) mass is 186 g/mol. The van der Waals surface area contributed by atoms with Gasteiger partial charge in [-0.2, -0.15) is 5.26 Å². The van der Waals surface area contributed by atoms with Crippen LogP contribution in [0.1, 0.15) is 5.56 Å². The third kappa shape index (κ3) is 3.42. The van der Waals surface area contributed by atoms with Crippen molar-refractivity contribution < 1.29 is 0 Å². The van der Waals surface area contributed by atoms with Crippen LogP contribution in [-0.2, 0) is 6.42 Å². The van der Waals surface area contributed by atoms with Gasteiger partial charge in [-0.1, -0.05) is 36.4 Å². The molecule has 0 spiro atoms. The third-order valence-electron chi connectivity index (χ3n) is 1.95. The van der Waals surface area contributed by atoms with Crippen molar-refractivity contribution in [2.24, 2.45) is 0 Å². The first kappa shape index (κ1) is 10.5. The highest BCUT2D eigenvalue weighted by molar-refractivity contribution is 5.17. The van der Waals surface area contributed by atoms with Crippen molar-refractivity contribution in [3.63, 3.8) is 0 Å². The first-order chi connectivity index (χ1) is 6.86. The second kappa shape index (κ2) is 5.95. The van der Waals surface area contributed by atoms with Crippen LogP contribution in [0.4, 0.5) is 0 Å². The Morgan fingerprint density at radius 2 is 2.14 bits per heavy atom. The normalized spacial score (nSPS) is 11.6. The quantitative estimate of drug-likeness (QED) is 0.713. The number of rotatable bonds is 5. The molecule has 2 nitrogen and oxygen atoms in total. The summed E-state index contributed by atoms with van der Waals surface area (Å²) >= 11 is 0. The van der Waals surface area contributed by atoms with E-state index < -0.39 is 0 Å². The molecular weight excluding hydrogens is 172 g/mol. The van der Waals surface area contributed by atoms with Crippen molar-refractivity contribution in [2.75, 3.05) is 6.54 Å². The van der Waals surface area contributed by atoms with Gasteiger partial charge >= 0.3 is 0 Å². The summed E-state index contributed by atoms with van der Waals surface area (Å²) in [5.74, 6) is 0. The summed E-state index contributed by atoms with van der Waals surface area (Å²) in [6.07, 6.45) is 2.50. The molecule has 1 rings (SSSR count). The van der Waals surface area contributed by atoms with Crippen LogP contribution in [0.3, 0.4) is 0 Å². The topological polar surface area (TPSA) is 35.8 Å². The molecule has 0 aliphatic heterocycles. The number of nitriles is 1. The average Bonchev–Trinajstić information content (AvgIpc) is 2.25. The molecule has 2 heteroatoms. The molecule has 0 heterocycles. The van der Waals surface area contributed by atoms with E-state index in [1.165, 1.54) is 5.56 Å². The van der Waals surface area contributed by atoms with E-state index in [-0.39, 0.29) is 6.04 Å². The van der Waals surface area contributed by atoms with Gasteiger partial charge in [-0.05, 0) is 5.56 Å². The predicted molar refractivity (Wildman–Crippen MR) is 57.7 cm³/mol. The maximum absolute atomic E-state index is 8.87. The second-order valence-corrected chi connectivity index (χ2v) is 3.07. The van der Waals surface area contributed by atoms with Gasteiger partial charge in [0.25, 0.3) is 0 Å². The summed E-state index contributed by atoms with van der Waals surface area (Å²) in [7, 11) is 0. The van der Waals surface area contributed by atoms with E-state index >= 15 is 0 Å². The molecule has 0 aromatic heterocycles. The summed E-state index contributed by atoms with van der Waals surface area (Å²) in [5.41, 5.74) is 1.18. The van der Waals surface area contributed by atoms with E-state index in [2.05, 4.69) is 18.0 Å². The van der Waals surface area contributed by atoms with Gasteiger partial charge in [0.2, 0.25) is 0 Å². The van der Waals surface area contributed by atoms with Crippen molar-refractivity contribution in [3.8, 4) is 6.07 Å². The minimum Gasteiger partial charge on any atom is -0.298 e. The molecule has 1 atom stereocenters. The Hall–Kier alpha value is -1.59. The molecule has 0 amide bonds. The highest BCUT2D eigenvalue weighted by atomic mass is 14.9. The number of hydrogen-bond acceptors (Lipinski definition) is 2. The van der Waals surface area contributed by atoms with Crippen LogP contribution in [0.2, 0.25) is 0 Å². The molecule has 1 unspecified atom stereocenters. The molecule has 0 aliphatic carbocycles. The molecule has 0 bridgehead atoms. The summed E-state index contributed by atoms with van der Waals surface area (Å²) in [6, 6.07) is 12.1. The lowest BCUT2D eigenvalue weighted by Gasteiger charge is -2.09. The van der Waals surface area contributed by atoms with E-state index in [1.807, 2.05) is 30.3 Å². The van der Waals surface area contributed by atoms with E-state index in [0.29, 0.717) is 6.54 Å². The fourth-order valence-electron chi connectivity index (χ4n) is 1.24. The zero-order chi connectivity index (χ0) is 10.2. The van der Waals surface area contributed by atoms with Crippen LogP contribution in [0, 0.1) is 11.3 Å². The molecule has 0 radical (unpaired) electrons. The van der Waals surface area contributed by atoms with Gasteiger partial charge in [0.1, 0.15) is 0 Å². The molecule has 0 fully saturated rings. The van der Waals surface area contributed by atoms with Crippen LogP contribution in [0.25, 0.3) is 0 Å². The van der Waals surface area contributed by atoms with E-state index in [1.54, 1.807) is 6.08 Å². The minimum atomic E-state index is -0.129. The van der Waals surface area contributed by atoms with Crippen molar-refractivity contribution in [3.05, 3.63) is 48.6 Å². The van der Waals surface area contributed by atoms with Gasteiger partial charge in [-0.3, -0.25) is 5.32 Å². The number of hydrogen-bond donors (Lipinski definition) is 1. The summed E-state index contributed by atoms with van der Waals surface area (Å²) < 4.78 is 0. The maximum Gasteiger partial charge on any atom is 0.0996 e. The van der Waals surface area contributed by atoms with Crippen LogP contribution in [0.15, 0.2) is 43.0 Å². The first-order valence-electron chi connectivity index (χ1n) is 4.64. The molecule has 14 heavy (non-hydrogen) atoms. The largest absolute Gasteiger partial charge is 0.298 e. The standard InChI is InChI=1S/C12H14N2/c1-2-8-14-12(10-13)9-11-6-4-3-5-7-11/h2-7,12,14H,1,8-9H2. The Morgan fingerprint density at radius 3 is 2.71 bits per heavy atom. The van der Waals surface area contributed by atoms with E-state index in [0.717, 1.165) is 6.42 Å². The van der Waals surface area contributed by atoms with Gasteiger partial charge in [0.15, 0.2) is 0 Å². The van der Waals surface area contributed by atoms with Gasteiger partial charge in [0, 0.05) is 13.0 Å². The summed E-state index contributed by atoms with van der Waals surface area (Å²) in [4.78, 5) is 0. The second-order valence-electron chi connectivity index (χ2n) is 3.07. The molecule has 1 aromatic carbocycles. The fraction of sp³-hybridized carbons (Fsp3) is 0.250. The zero-order valence-corrected chi connectivity index (χ0v) is 8.11. The zero-order valence-electron chi connectivity index (χ0n) is 8.11. The molecular formula is C12H14N2. The van der Waals surface area contributed by atoms with Crippen molar-refractivity contribution in [1.29, 1.82) is 5.26 Å². The number of nitrogens with zero attached hydrogens (tertiary/aromatic N) is 1. The SMILES string of the molecule is C=CCNC(C#N)Cc1ccccc1. The lowest BCUT2D eigenvalue weighted by molar-refractivity contribution is 0.642. The maximum atomic E-state index is 8.87. The lowest BCUT2D eigenvalue weighted by Crippen LogP contribution is -2.29. The predicted octanol–water partition coefficient (Wildman–Crippen LogP) is 1.90. The lowest BCUT2D eigenvalue weighted by atomic mass is 10.1. The van der Waals surface area contributed by atoms with Crippen molar-refractivity contribution in [2.45, 2.75) is 12.5 Å². The van der Waals surface area contributed by atoms with Gasteiger partial charge in [0.05, 0.1) is 12.1 Å². The van der Waals surface area contributed by atoms with Crippen LogP contribution < -0.4 is 5.32 Å². The minimum absolute atomic E-state index is 0.129. The molecule has 0 aliphatic rings. The number of nitrogens with one attached hydrogen (secondary N) is 1. The smallest absolute Gasteiger partial charge is 0.0996 e. The average molecular weight is 186 g/mol. The highest BCUT2D eigenvalue weighted by Gasteiger charge is 2.05. The number of benzene rings is 1. The Balaban J connectivity index is 2.49. The molecule has 72 valence electrons. The molecule has 0 saturated carbocycles. The van der Waals surface area contributed by atoms with Gasteiger partial charge in [-0.15, -0.1) is 6.58 Å². The molecule has 1 aromatic rings. The first-order valence-corrected chi connectivity index (χ1v) is 4.64. The van der Waals surface area contributed by atoms with Crippen LogP contribution >= 0.6 is 0 Å². The fourth-order valence-corrected chi connectivity index (χ4v) is 1.24. The van der Waals surface area contributed by atoms with E-state index in [4.69, 9.17) is 5.26 Å². The van der Waals surface area contributed by atoms with Crippen LogP contribution in [0.5, 0.6) is 0 Å². The highest BCUT2D eigenvalue weighted by Crippen LogP contribution is 2.02. The van der Waals surface area contributed by atoms with Gasteiger partial charge in [-0.25, -0.2) is 0 Å². The Kier molecular flexibility index (Phi) is 4.46. The van der Waals surface area contributed by atoms with Crippen molar-refractivity contribution >= 4 is 0 Å². The molecule has 0 saturated heterocycles. The summed E-state index contributed by atoms with van der Waals surface area (Å²) in [6.45, 7) is 4.27. The Labute approximate surface area is 84.9 Å². The molecule has 1 N–H and O–H groups in total.